The van der Waals surface area contributed by atoms with Crippen LogP contribution in [0.15, 0.2) is 12.4 Å². The molecule has 3 heterocycles. The van der Waals surface area contributed by atoms with E-state index in [1.165, 1.54) is 17.5 Å². The summed E-state index contributed by atoms with van der Waals surface area (Å²) < 4.78 is 1.60. The van der Waals surface area contributed by atoms with Crippen LogP contribution in [0, 0.1) is 13.8 Å². The lowest BCUT2D eigenvalue weighted by atomic mass is 10.2. The maximum Gasteiger partial charge on any atom is 0.339 e. The summed E-state index contributed by atoms with van der Waals surface area (Å²) in [5.41, 5.74) is 2.11. The minimum absolute atomic E-state index is 0.0982. The summed E-state index contributed by atoms with van der Waals surface area (Å²) in [5, 5.41) is 17.9. The quantitative estimate of drug-likeness (QED) is 0.772. The molecule has 0 aliphatic rings. The minimum Gasteiger partial charge on any atom is -0.478 e. The highest BCUT2D eigenvalue weighted by molar-refractivity contribution is 7.15. The van der Waals surface area contributed by atoms with Gasteiger partial charge in [-0.15, -0.1) is 11.3 Å². The molecule has 0 radical (unpaired) electrons. The van der Waals surface area contributed by atoms with Crippen LogP contribution in [0.5, 0.6) is 0 Å². The lowest BCUT2D eigenvalue weighted by Crippen LogP contribution is -2.05. The normalized spacial score (nSPS) is 11.0. The molecule has 0 spiro atoms. The van der Waals surface area contributed by atoms with Gasteiger partial charge in [0.2, 0.25) is 0 Å². The van der Waals surface area contributed by atoms with Crippen LogP contribution in [0.2, 0.25) is 0 Å². The first-order valence-electron chi connectivity index (χ1n) is 6.22. The number of aryl methyl sites for hydroxylation is 3. The number of nitrogens with one attached hydrogen (secondary N) is 1. The third kappa shape index (κ3) is 2.23. The van der Waals surface area contributed by atoms with Crippen molar-refractivity contribution in [2.45, 2.75) is 13.8 Å². The zero-order chi connectivity index (χ0) is 15.1. The molecule has 0 atom stereocenters. The maximum atomic E-state index is 11.4. The minimum atomic E-state index is -1.04. The molecule has 0 amide bonds. The molecule has 0 unspecified atom stereocenters. The van der Waals surface area contributed by atoms with E-state index in [4.69, 9.17) is 0 Å². The molecule has 0 aromatic carbocycles. The zero-order valence-corrected chi connectivity index (χ0v) is 12.5. The smallest absolute Gasteiger partial charge is 0.339 e. The highest BCUT2D eigenvalue weighted by Gasteiger charge is 2.18. The van der Waals surface area contributed by atoms with E-state index >= 15 is 0 Å². The molecular weight excluding hydrogens is 290 g/mol. The third-order valence-electron chi connectivity index (χ3n) is 3.25. The molecule has 0 saturated heterocycles. The summed E-state index contributed by atoms with van der Waals surface area (Å²) in [5.74, 6) is -1.04. The molecule has 0 saturated carbocycles. The number of fused-ring (bicyclic) bond motifs is 1. The van der Waals surface area contributed by atoms with Gasteiger partial charge in [-0.2, -0.15) is 5.10 Å². The van der Waals surface area contributed by atoms with Crippen molar-refractivity contribution in [3.8, 4) is 0 Å². The number of thiazole rings is 1. The molecule has 2 N–H and O–H groups in total. The van der Waals surface area contributed by atoms with Gasteiger partial charge in [-0.05, 0) is 13.8 Å². The lowest BCUT2D eigenvalue weighted by Gasteiger charge is -2.08. The van der Waals surface area contributed by atoms with Crippen LogP contribution in [0.25, 0.3) is 11.0 Å². The summed E-state index contributed by atoms with van der Waals surface area (Å²) in [7, 11) is 1.76. The SMILES string of the molecule is Cc1nc(Nc2c(C(=O)O)cnc3c2cnn3C)sc1C. The Hall–Kier alpha value is -2.48. The van der Waals surface area contributed by atoms with Gasteiger partial charge in [0.25, 0.3) is 0 Å². The van der Waals surface area contributed by atoms with Crippen LogP contribution in [0.1, 0.15) is 20.9 Å². The molecule has 3 rings (SSSR count). The van der Waals surface area contributed by atoms with Crippen molar-refractivity contribution in [2.24, 2.45) is 7.05 Å². The molecule has 3 aromatic heterocycles. The summed E-state index contributed by atoms with van der Waals surface area (Å²) in [6.07, 6.45) is 2.94. The predicted molar refractivity (Wildman–Crippen MR) is 80.3 cm³/mol. The number of pyridine rings is 1. The average molecular weight is 303 g/mol. The Morgan fingerprint density at radius 2 is 2.14 bits per heavy atom. The van der Waals surface area contributed by atoms with Crippen LogP contribution in [-0.4, -0.2) is 30.8 Å². The van der Waals surface area contributed by atoms with Crippen molar-refractivity contribution >= 4 is 39.2 Å². The van der Waals surface area contributed by atoms with Crippen molar-refractivity contribution in [1.82, 2.24) is 19.7 Å². The number of hydrogen-bond acceptors (Lipinski definition) is 6. The summed E-state index contributed by atoms with van der Waals surface area (Å²) in [6.45, 7) is 3.89. The van der Waals surface area contributed by atoms with Gasteiger partial charge in [-0.1, -0.05) is 0 Å². The number of aromatic nitrogens is 4. The number of aromatic carboxylic acids is 1. The topological polar surface area (TPSA) is 92.9 Å². The van der Waals surface area contributed by atoms with E-state index < -0.39 is 5.97 Å². The number of nitrogens with zero attached hydrogens (tertiary/aromatic N) is 4. The fraction of sp³-hybridized carbons (Fsp3) is 0.231. The maximum absolute atomic E-state index is 11.4. The van der Waals surface area contributed by atoms with Crippen molar-refractivity contribution < 1.29 is 9.90 Å². The van der Waals surface area contributed by atoms with Crippen molar-refractivity contribution in [3.63, 3.8) is 0 Å². The zero-order valence-electron chi connectivity index (χ0n) is 11.7. The predicted octanol–water partition coefficient (Wildman–Crippen LogP) is 2.48. The van der Waals surface area contributed by atoms with Crippen LogP contribution in [0.4, 0.5) is 10.8 Å². The Morgan fingerprint density at radius 1 is 1.38 bits per heavy atom. The Morgan fingerprint density at radius 3 is 2.76 bits per heavy atom. The number of carbonyl (C=O) groups is 1. The number of hydrogen-bond donors (Lipinski definition) is 2. The third-order valence-corrected chi connectivity index (χ3v) is 4.24. The first-order valence-corrected chi connectivity index (χ1v) is 7.04. The van der Waals surface area contributed by atoms with E-state index in [-0.39, 0.29) is 5.56 Å². The Bertz CT molecular complexity index is 832. The highest BCUT2D eigenvalue weighted by Crippen LogP contribution is 2.31. The molecular formula is C13H13N5O2S. The standard InChI is InChI=1S/C13H13N5O2S/c1-6-7(2)21-13(16-6)17-10-8-5-15-18(3)11(8)14-4-9(10)12(19)20/h4-5H,1-3H3,(H,19,20)(H,14,16,17). The summed E-state index contributed by atoms with van der Waals surface area (Å²) >= 11 is 1.48. The van der Waals surface area contributed by atoms with Crippen molar-refractivity contribution in [2.75, 3.05) is 5.32 Å². The molecule has 108 valence electrons. The second-order valence-electron chi connectivity index (χ2n) is 4.64. The van der Waals surface area contributed by atoms with Gasteiger partial charge in [-0.3, -0.25) is 4.68 Å². The van der Waals surface area contributed by atoms with Gasteiger partial charge < -0.3 is 10.4 Å². The fourth-order valence-electron chi connectivity index (χ4n) is 2.03. The van der Waals surface area contributed by atoms with Crippen LogP contribution >= 0.6 is 11.3 Å². The number of carboxylic acids is 1. The van der Waals surface area contributed by atoms with E-state index in [9.17, 15) is 9.90 Å². The fourth-order valence-corrected chi connectivity index (χ4v) is 2.84. The summed E-state index contributed by atoms with van der Waals surface area (Å²) in [4.78, 5) is 21.0. The van der Waals surface area contributed by atoms with Gasteiger partial charge in [0.15, 0.2) is 10.8 Å². The highest BCUT2D eigenvalue weighted by atomic mass is 32.1. The lowest BCUT2D eigenvalue weighted by molar-refractivity contribution is 0.0697. The van der Waals surface area contributed by atoms with Crippen molar-refractivity contribution in [3.05, 3.63) is 28.5 Å². The molecule has 0 aliphatic carbocycles. The van der Waals surface area contributed by atoms with E-state index in [2.05, 4.69) is 20.4 Å². The van der Waals surface area contributed by atoms with E-state index in [1.54, 1.807) is 17.9 Å². The van der Waals surface area contributed by atoms with E-state index in [0.717, 1.165) is 10.6 Å². The first-order chi connectivity index (χ1) is 9.97. The van der Waals surface area contributed by atoms with Gasteiger partial charge >= 0.3 is 5.97 Å². The average Bonchev–Trinajstić information content (AvgIpc) is 2.94. The molecule has 7 nitrogen and oxygen atoms in total. The second kappa shape index (κ2) is 4.81. The Kier molecular flexibility index (Phi) is 3.09. The molecule has 0 bridgehead atoms. The summed E-state index contributed by atoms with van der Waals surface area (Å²) in [6, 6.07) is 0. The van der Waals surface area contributed by atoms with E-state index in [0.29, 0.717) is 21.9 Å². The molecule has 0 aliphatic heterocycles. The van der Waals surface area contributed by atoms with Gasteiger partial charge in [-0.25, -0.2) is 14.8 Å². The van der Waals surface area contributed by atoms with Crippen LogP contribution in [-0.2, 0) is 7.05 Å². The van der Waals surface area contributed by atoms with Crippen LogP contribution < -0.4 is 5.32 Å². The van der Waals surface area contributed by atoms with Crippen molar-refractivity contribution in [1.29, 1.82) is 0 Å². The number of rotatable bonds is 3. The molecule has 3 aromatic rings. The van der Waals surface area contributed by atoms with Gasteiger partial charge in [0.1, 0.15) is 5.56 Å². The first kappa shape index (κ1) is 13.5. The van der Waals surface area contributed by atoms with Crippen LogP contribution in [0.3, 0.4) is 0 Å². The van der Waals surface area contributed by atoms with Gasteiger partial charge in [0, 0.05) is 18.1 Å². The Balaban J connectivity index is 2.18. The number of carboxylic acid groups (broad SMARTS) is 1. The largest absolute Gasteiger partial charge is 0.478 e. The second-order valence-corrected chi connectivity index (χ2v) is 5.85. The molecule has 0 fully saturated rings. The van der Waals surface area contributed by atoms with Gasteiger partial charge in [0.05, 0.1) is 23.0 Å². The Labute approximate surface area is 124 Å². The molecule has 21 heavy (non-hydrogen) atoms. The van der Waals surface area contributed by atoms with E-state index in [1.807, 2.05) is 13.8 Å². The number of anilines is 2. The monoisotopic (exact) mass is 303 g/mol. The molecule has 8 heteroatoms.